The van der Waals surface area contributed by atoms with Gasteiger partial charge in [-0.1, -0.05) is 32.9 Å². The number of anilines is 1. The monoisotopic (exact) mass is 460 g/mol. The van der Waals surface area contributed by atoms with E-state index >= 15 is 0 Å². The molecule has 0 radical (unpaired) electrons. The molecule has 2 heterocycles. The lowest BCUT2D eigenvalue weighted by Crippen LogP contribution is -2.43. The van der Waals surface area contributed by atoms with Crippen molar-refractivity contribution in [2.75, 3.05) is 32.1 Å². The number of hydrogen-bond acceptors (Lipinski definition) is 7. The second-order valence-electron chi connectivity index (χ2n) is 8.67. The van der Waals surface area contributed by atoms with E-state index in [1.165, 1.54) is 4.90 Å². The molecule has 1 unspecified atom stereocenters. The smallest absolute Gasteiger partial charge is 0.349 e. The van der Waals surface area contributed by atoms with Gasteiger partial charge in [-0.2, -0.15) is 0 Å². The van der Waals surface area contributed by atoms with Gasteiger partial charge >= 0.3 is 5.97 Å². The molecular formula is C23H28N2O6S. The summed E-state index contributed by atoms with van der Waals surface area (Å²) in [5.41, 5.74) is 0.126. The third-order valence-electron chi connectivity index (χ3n) is 4.82. The highest BCUT2D eigenvalue weighted by molar-refractivity contribution is 7.18. The van der Waals surface area contributed by atoms with Crippen LogP contribution in [0.5, 0.6) is 11.5 Å². The lowest BCUT2D eigenvalue weighted by molar-refractivity contribution is -0.134. The Balaban J connectivity index is 1.50. The van der Waals surface area contributed by atoms with Crippen molar-refractivity contribution < 1.29 is 28.6 Å². The molecule has 32 heavy (non-hydrogen) atoms. The van der Waals surface area contributed by atoms with E-state index in [2.05, 4.69) is 5.32 Å². The molecular weight excluding hydrogens is 432 g/mol. The minimum atomic E-state index is -0.600. The fourth-order valence-electron chi connectivity index (χ4n) is 2.91. The third kappa shape index (κ3) is 5.79. The molecule has 0 fully saturated rings. The number of thiophene rings is 1. The minimum absolute atomic E-state index is 0.146. The Morgan fingerprint density at radius 1 is 1.22 bits per heavy atom. The first kappa shape index (κ1) is 23.6. The van der Waals surface area contributed by atoms with Gasteiger partial charge in [0.2, 0.25) is 5.91 Å². The first-order valence-electron chi connectivity index (χ1n) is 10.3. The van der Waals surface area contributed by atoms with Crippen molar-refractivity contribution in [2.45, 2.75) is 33.8 Å². The number of amides is 2. The van der Waals surface area contributed by atoms with Crippen LogP contribution in [0.15, 0.2) is 30.3 Å². The molecule has 0 saturated heterocycles. The van der Waals surface area contributed by atoms with Crippen LogP contribution in [-0.2, 0) is 14.3 Å². The molecule has 1 atom stereocenters. The van der Waals surface area contributed by atoms with Crippen LogP contribution in [0.1, 0.15) is 36.0 Å². The number of para-hydroxylation sites is 2. The highest BCUT2D eigenvalue weighted by Crippen LogP contribution is 2.31. The van der Waals surface area contributed by atoms with Crippen molar-refractivity contribution >= 4 is 34.1 Å². The van der Waals surface area contributed by atoms with Crippen LogP contribution in [0.3, 0.4) is 0 Å². The maximum atomic E-state index is 12.5. The van der Waals surface area contributed by atoms with Crippen molar-refractivity contribution in [2.24, 2.45) is 5.41 Å². The number of nitrogens with one attached hydrogen (secondary N) is 1. The van der Waals surface area contributed by atoms with Gasteiger partial charge in [0, 0.05) is 12.5 Å². The highest BCUT2D eigenvalue weighted by Gasteiger charge is 2.26. The van der Waals surface area contributed by atoms with Crippen LogP contribution in [0.2, 0.25) is 0 Å². The highest BCUT2D eigenvalue weighted by atomic mass is 32.1. The molecule has 9 heteroatoms. The number of hydrogen-bond donors (Lipinski definition) is 1. The molecule has 1 aliphatic rings. The molecule has 1 aliphatic heterocycles. The molecule has 1 aromatic heterocycles. The number of nitrogens with zero attached hydrogens (tertiary/aromatic N) is 1. The van der Waals surface area contributed by atoms with Crippen LogP contribution >= 0.6 is 11.3 Å². The number of carbonyl (C=O) groups excluding carboxylic acids is 3. The summed E-state index contributed by atoms with van der Waals surface area (Å²) < 4.78 is 16.7. The van der Waals surface area contributed by atoms with E-state index < -0.39 is 11.4 Å². The summed E-state index contributed by atoms with van der Waals surface area (Å²) in [6.07, 6.45) is -0.317. The van der Waals surface area contributed by atoms with Crippen molar-refractivity contribution in [3.63, 3.8) is 0 Å². The first-order chi connectivity index (χ1) is 15.0. The summed E-state index contributed by atoms with van der Waals surface area (Å²) in [6, 6.07) is 9.07. The summed E-state index contributed by atoms with van der Waals surface area (Å²) in [5.74, 6) is 0.217. The van der Waals surface area contributed by atoms with Crippen LogP contribution in [-0.4, -0.2) is 55.6 Å². The number of ether oxygens (including phenoxy) is 3. The fourth-order valence-corrected chi connectivity index (χ4v) is 3.87. The standard InChI is InChI=1S/C23H28N2O6S/c1-14-10-18(24-22(28)23(2,3)4)32-20(14)21(27)30-13-19(26)25(5)11-15-12-29-16-8-6-7-9-17(16)31-15/h6-10,15H,11-13H2,1-5H3,(H,24,28). The maximum absolute atomic E-state index is 12.5. The predicted molar refractivity (Wildman–Crippen MR) is 121 cm³/mol. The van der Waals surface area contributed by atoms with E-state index in [4.69, 9.17) is 14.2 Å². The van der Waals surface area contributed by atoms with Crippen molar-refractivity contribution in [3.05, 3.63) is 40.8 Å². The molecule has 1 N–H and O–H groups in total. The molecule has 172 valence electrons. The van der Waals surface area contributed by atoms with E-state index in [-0.39, 0.29) is 24.5 Å². The zero-order valence-electron chi connectivity index (χ0n) is 18.9. The molecule has 8 nitrogen and oxygen atoms in total. The third-order valence-corrected chi connectivity index (χ3v) is 5.95. The lowest BCUT2D eigenvalue weighted by Gasteiger charge is -2.29. The molecule has 3 rings (SSSR count). The molecule has 0 aliphatic carbocycles. The molecule has 2 amide bonds. The normalized spacial score (nSPS) is 15.1. The Morgan fingerprint density at radius 2 is 1.91 bits per heavy atom. The van der Waals surface area contributed by atoms with E-state index in [0.717, 1.165) is 11.3 Å². The number of esters is 1. The summed E-state index contributed by atoms with van der Waals surface area (Å²) in [4.78, 5) is 38.9. The molecule has 0 bridgehead atoms. The van der Waals surface area contributed by atoms with Gasteiger partial charge in [0.1, 0.15) is 11.5 Å². The van der Waals surface area contributed by atoms with E-state index in [1.807, 2.05) is 45.0 Å². The average molecular weight is 461 g/mol. The summed E-state index contributed by atoms with van der Waals surface area (Å²) in [5, 5.41) is 3.37. The van der Waals surface area contributed by atoms with Gasteiger partial charge < -0.3 is 24.4 Å². The quantitative estimate of drug-likeness (QED) is 0.663. The van der Waals surface area contributed by atoms with Gasteiger partial charge in [0.25, 0.3) is 5.91 Å². The Kier molecular flexibility index (Phi) is 7.08. The molecule has 0 saturated carbocycles. The van der Waals surface area contributed by atoms with Gasteiger partial charge in [0.15, 0.2) is 24.2 Å². The zero-order chi connectivity index (χ0) is 23.5. The fraction of sp³-hybridized carbons (Fsp3) is 0.435. The van der Waals surface area contributed by atoms with Crippen LogP contribution < -0.4 is 14.8 Å². The van der Waals surface area contributed by atoms with Crippen molar-refractivity contribution in [1.29, 1.82) is 0 Å². The largest absolute Gasteiger partial charge is 0.486 e. The molecule has 1 aromatic carbocycles. The van der Waals surface area contributed by atoms with Gasteiger partial charge in [-0.05, 0) is 30.7 Å². The van der Waals surface area contributed by atoms with Crippen molar-refractivity contribution in [3.8, 4) is 11.5 Å². The topological polar surface area (TPSA) is 94.2 Å². The maximum Gasteiger partial charge on any atom is 0.349 e. The average Bonchev–Trinajstić information content (AvgIpc) is 3.11. The summed E-state index contributed by atoms with van der Waals surface area (Å²) in [6.45, 7) is 7.42. The van der Waals surface area contributed by atoms with Crippen LogP contribution in [0.25, 0.3) is 0 Å². The van der Waals surface area contributed by atoms with Gasteiger partial charge in [-0.15, -0.1) is 11.3 Å². The second-order valence-corrected chi connectivity index (χ2v) is 9.73. The first-order valence-corrected chi connectivity index (χ1v) is 11.1. The van der Waals surface area contributed by atoms with E-state index in [1.54, 1.807) is 20.0 Å². The number of carbonyl (C=O) groups is 3. The number of rotatable bonds is 6. The zero-order valence-corrected chi connectivity index (χ0v) is 19.7. The van der Waals surface area contributed by atoms with Gasteiger partial charge in [-0.25, -0.2) is 4.79 Å². The number of aryl methyl sites for hydroxylation is 1. The number of benzene rings is 1. The van der Waals surface area contributed by atoms with E-state index in [0.29, 0.717) is 40.1 Å². The number of fused-ring (bicyclic) bond motifs is 1. The SMILES string of the molecule is Cc1cc(NC(=O)C(C)(C)C)sc1C(=O)OCC(=O)N(C)CC1COc2ccccc2O1. The van der Waals surface area contributed by atoms with Gasteiger partial charge in [0.05, 0.1) is 11.5 Å². The molecule has 2 aromatic rings. The Bertz CT molecular complexity index is 1010. The second kappa shape index (κ2) is 9.60. The van der Waals surface area contributed by atoms with Crippen molar-refractivity contribution in [1.82, 2.24) is 4.90 Å². The summed E-state index contributed by atoms with van der Waals surface area (Å²) in [7, 11) is 1.62. The lowest BCUT2D eigenvalue weighted by atomic mass is 9.96. The molecule has 0 spiro atoms. The van der Waals surface area contributed by atoms with Crippen LogP contribution in [0, 0.1) is 12.3 Å². The predicted octanol–water partition coefficient (Wildman–Crippen LogP) is 3.50. The Hall–Kier alpha value is -3.07. The Morgan fingerprint density at radius 3 is 2.59 bits per heavy atom. The van der Waals surface area contributed by atoms with Crippen LogP contribution in [0.4, 0.5) is 5.00 Å². The van der Waals surface area contributed by atoms with Gasteiger partial charge in [-0.3, -0.25) is 9.59 Å². The number of likely N-dealkylation sites (N-methyl/N-ethyl adjacent to an activating group) is 1. The van der Waals surface area contributed by atoms with E-state index in [9.17, 15) is 14.4 Å². The Labute approximate surface area is 191 Å². The minimum Gasteiger partial charge on any atom is -0.486 e. The summed E-state index contributed by atoms with van der Waals surface area (Å²) >= 11 is 1.13.